The summed E-state index contributed by atoms with van der Waals surface area (Å²) in [6.07, 6.45) is 4.92. The molecule has 0 saturated carbocycles. The minimum absolute atomic E-state index is 0. The van der Waals surface area contributed by atoms with Gasteiger partial charge in [0, 0.05) is 5.56 Å². The van der Waals surface area contributed by atoms with Gasteiger partial charge in [-0.15, -0.1) is 13.2 Å². The van der Waals surface area contributed by atoms with Gasteiger partial charge in [0.25, 0.3) is 0 Å². The largest absolute Gasteiger partial charge is 1.00 e. The van der Waals surface area contributed by atoms with Gasteiger partial charge in [-0.2, -0.15) is 0 Å². The molecule has 2 nitrogen and oxygen atoms in total. The van der Waals surface area contributed by atoms with Gasteiger partial charge in [0.1, 0.15) is 11.5 Å². The number of hydrogen-bond donors (Lipinski definition) is 2. The SMILES string of the molecule is C=CCc1ccc(O)c(-c2ccc(O)c(CC=C)c2)c1.[Na+]. The third kappa shape index (κ3) is 4.24. The van der Waals surface area contributed by atoms with E-state index in [1.54, 1.807) is 24.3 Å². The Bertz CT molecular complexity index is 648. The molecule has 0 aromatic heterocycles. The van der Waals surface area contributed by atoms with E-state index >= 15 is 0 Å². The average molecular weight is 289 g/mol. The van der Waals surface area contributed by atoms with Gasteiger partial charge in [0.2, 0.25) is 0 Å². The Kier molecular flexibility index (Phi) is 6.76. The summed E-state index contributed by atoms with van der Waals surface area (Å²) in [4.78, 5) is 0. The Balaban J connectivity index is 0.00000220. The van der Waals surface area contributed by atoms with Crippen LogP contribution in [0.15, 0.2) is 61.7 Å². The van der Waals surface area contributed by atoms with Crippen LogP contribution in [-0.4, -0.2) is 10.2 Å². The maximum atomic E-state index is 10.0. The minimum Gasteiger partial charge on any atom is -0.508 e. The molecule has 0 aliphatic heterocycles. The normalized spacial score (nSPS) is 9.71. The molecule has 0 saturated heterocycles. The molecule has 2 rings (SSSR count). The predicted molar refractivity (Wildman–Crippen MR) is 83.0 cm³/mol. The summed E-state index contributed by atoms with van der Waals surface area (Å²) < 4.78 is 0. The van der Waals surface area contributed by atoms with E-state index in [0.29, 0.717) is 6.42 Å². The van der Waals surface area contributed by atoms with Crippen LogP contribution in [0.1, 0.15) is 11.1 Å². The summed E-state index contributed by atoms with van der Waals surface area (Å²) >= 11 is 0. The minimum atomic E-state index is 0. The van der Waals surface area contributed by atoms with Crippen molar-refractivity contribution in [2.24, 2.45) is 0 Å². The zero-order chi connectivity index (χ0) is 14.5. The Morgan fingerprint density at radius 2 is 1.52 bits per heavy atom. The molecule has 0 amide bonds. The monoisotopic (exact) mass is 289 g/mol. The molecule has 0 aliphatic carbocycles. The van der Waals surface area contributed by atoms with Crippen LogP contribution in [0.2, 0.25) is 0 Å². The van der Waals surface area contributed by atoms with Crippen molar-refractivity contribution in [1.29, 1.82) is 0 Å². The maximum absolute atomic E-state index is 10.0. The number of phenols is 2. The molecule has 0 fully saturated rings. The van der Waals surface area contributed by atoms with E-state index in [0.717, 1.165) is 28.7 Å². The summed E-state index contributed by atoms with van der Waals surface area (Å²) in [6, 6.07) is 10.8. The second-order valence-electron chi connectivity index (χ2n) is 4.68. The van der Waals surface area contributed by atoms with Gasteiger partial charge < -0.3 is 10.2 Å². The molecule has 2 aromatic rings. The molecule has 2 aromatic carbocycles. The van der Waals surface area contributed by atoms with Gasteiger partial charge in [0.15, 0.2) is 0 Å². The Morgan fingerprint density at radius 1 is 0.857 bits per heavy atom. The van der Waals surface area contributed by atoms with E-state index in [4.69, 9.17) is 0 Å². The van der Waals surface area contributed by atoms with Crippen molar-refractivity contribution in [3.63, 3.8) is 0 Å². The van der Waals surface area contributed by atoms with Crippen molar-refractivity contribution in [1.82, 2.24) is 0 Å². The first-order valence-electron chi connectivity index (χ1n) is 6.51. The number of phenolic OH excluding ortho intramolecular Hbond substituents is 2. The van der Waals surface area contributed by atoms with Gasteiger partial charge in [-0.1, -0.05) is 24.3 Å². The van der Waals surface area contributed by atoms with Crippen LogP contribution in [-0.2, 0) is 12.8 Å². The predicted octanol–water partition coefficient (Wildman–Crippen LogP) is 1.23. The van der Waals surface area contributed by atoms with Gasteiger partial charge in [-0.05, 0) is 53.8 Å². The van der Waals surface area contributed by atoms with Crippen molar-refractivity contribution >= 4 is 0 Å². The van der Waals surface area contributed by atoms with Crippen LogP contribution < -0.4 is 29.6 Å². The number of benzene rings is 2. The maximum Gasteiger partial charge on any atom is 1.00 e. The Morgan fingerprint density at radius 3 is 2.19 bits per heavy atom. The molecule has 2 N–H and O–H groups in total. The molecule has 3 heteroatoms. The van der Waals surface area contributed by atoms with Crippen LogP contribution >= 0.6 is 0 Å². The average Bonchev–Trinajstić information content (AvgIpc) is 2.44. The van der Waals surface area contributed by atoms with Crippen molar-refractivity contribution < 1.29 is 39.8 Å². The number of aromatic hydroxyl groups is 2. The number of hydrogen-bond acceptors (Lipinski definition) is 2. The fourth-order valence-electron chi connectivity index (χ4n) is 2.18. The summed E-state index contributed by atoms with van der Waals surface area (Å²) in [7, 11) is 0. The second kappa shape index (κ2) is 8.08. The molecule has 0 unspecified atom stereocenters. The molecule has 0 bridgehead atoms. The first-order chi connectivity index (χ1) is 9.65. The smallest absolute Gasteiger partial charge is 0.508 e. The fourth-order valence-corrected chi connectivity index (χ4v) is 2.18. The third-order valence-corrected chi connectivity index (χ3v) is 3.20. The molecule has 0 radical (unpaired) electrons. The van der Waals surface area contributed by atoms with E-state index in [-0.39, 0.29) is 41.1 Å². The van der Waals surface area contributed by atoms with Crippen molar-refractivity contribution in [3.8, 4) is 22.6 Å². The number of allylic oxidation sites excluding steroid dienone is 2. The van der Waals surface area contributed by atoms with E-state index in [2.05, 4.69) is 13.2 Å². The fraction of sp³-hybridized carbons (Fsp3) is 0.111. The van der Waals surface area contributed by atoms with Crippen molar-refractivity contribution in [3.05, 3.63) is 72.8 Å². The van der Waals surface area contributed by atoms with Crippen molar-refractivity contribution in [2.75, 3.05) is 0 Å². The quantitative estimate of drug-likeness (QED) is 0.642. The molecular weight excluding hydrogens is 271 g/mol. The van der Waals surface area contributed by atoms with Gasteiger partial charge >= 0.3 is 29.6 Å². The van der Waals surface area contributed by atoms with E-state index in [1.165, 1.54) is 0 Å². The van der Waals surface area contributed by atoms with Crippen LogP contribution in [0.5, 0.6) is 11.5 Å². The first kappa shape index (κ1) is 17.6. The summed E-state index contributed by atoms with van der Waals surface area (Å²) in [6.45, 7) is 7.41. The topological polar surface area (TPSA) is 40.5 Å². The summed E-state index contributed by atoms with van der Waals surface area (Å²) in [5, 5.41) is 19.8. The van der Waals surface area contributed by atoms with Gasteiger partial charge in [-0.3, -0.25) is 0 Å². The van der Waals surface area contributed by atoms with Crippen molar-refractivity contribution in [2.45, 2.75) is 12.8 Å². The Hall–Kier alpha value is -1.48. The molecular formula is C18H18NaO2+. The van der Waals surface area contributed by atoms with Crippen LogP contribution in [0.25, 0.3) is 11.1 Å². The molecule has 0 atom stereocenters. The van der Waals surface area contributed by atoms with E-state index in [1.807, 2.05) is 24.3 Å². The number of rotatable bonds is 5. The molecule has 21 heavy (non-hydrogen) atoms. The van der Waals surface area contributed by atoms with Crippen LogP contribution in [0.3, 0.4) is 0 Å². The third-order valence-electron chi connectivity index (χ3n) is 3.20. The summed E-state index contributed by atoms with van der Waals surface area (Å²) in [5.41, 5.74) is 3.52. The molecule has 0 heterocycles. The zero-order valence-corrected chi connectivity index (χ0v) is 14.3. The first-order valence-corrected chi connectivity index (χ1v) is 6.51. The standard InChI is InChI=1S/C18H18O2.Na/c1-3-5-13-7-9-18(20)16(11-13)14-8-10-17(19)15(12-14)6-4-2;/h3-4,7-12,19-20H,1-2,5-6H2;/q;+1. The summed E-state index contributed by atoms with van der Waals surface area (Å²) in [5.74, 6) is 0.475. The zero-order valence-electron chi connectivity index (χ0n) is 12.3. The van der Waals surface area contributed by atoms with Crippen LogP contribution in [0.4, 0.5) is 0 Å². The molecule has 102 valence electrons. The van der Waals surface area contributed by atoms with E-state index < -0.39 is 0 Å². The molecule has 0 spiro atoms. The molecule has 0 aliphatic rings. The van der Waals surface area contributed by atoms with Gasteiger partial charge in [-0.25, -0.2) is 0 Å². The van der Waals surface area contributed by atoms with E-state index in [9.17, 15) is 10.2 Å². The van der Waals surface area contributed by atoms with Gasteiger partial charge in [0.05, 0.1) is 0 Å². The Labute approximate surface area is 147 Å². The van der Waals surface area contributed by atoms with Crippen LogP contribution in [0, 0.1) is 0 Å². The second-order valence-corrected chi connectivity index (χ2v) is 4.68.